The van der Waals surface area contributed by atoms with Crippen LogP contribution in [0.5, 0.6) is 0 Å². The van der Waals surface area contributed by atoms with Gasteiger partial charge in [-0.25, -0.2) is 8.42 Å². The van der Waals surface area contributed by atoms with Gasteiger partial charge >= 0.3 is 6.18 Å². The Labute approximate surface area is 170 Å². The van der Waals surface area contributed by atoms with Crippen LogP contribution in [0.15, 0.2) is 29.2 Å². The largest absolute Gasteiger partial charge is 0.417 e. The van der Waals surface area contributed by atoms with E-state index < -0.39 is 26.7 Å². The molecule has 0 saturated carbocycles. The van der Waals surface area contributed by atoms with Crippen molar-refractivity contribution in [1.29, 1.82) is 0 Å². The summed E-state index contributed by atoms with van der Waals surface area (Å²) in [7, 11) is -4.28. The lowest BCUT2D eigenvalue weighted by atomic mass is 9.97. The molecule has 1 N–H and O–H groups in total. The van der Waals surface area contributed by atoms with Crippen molar-refractivity contribution in [2.24, 2.45) is 5.92 Å². The first-order chi connectivity index (χ1) is 13.6. The molecule has 0 aliphatic carbocycles. The highest BCUT2D eigenvalue weighted by molar-refractivity contribution is 7.89. The van der Waals surface area contributed by atoms with Gasteiger partial charge in [-0.3, -0.25) is 4.79 Å². The van der Waals surface area contributed by atoms with E-state index in [1.165, 1.54) is 6.07 Å². The number of hydrogen-bond acceptors (Lipinski definition) is 4. The third kappa shape index (κ3) is 5.93. The number of amides is 1. The fraction of sp³-hybridized carbons (Fsp3) is 0.632. The van der Waals surface area contributed by atoms with E-state index in [1.54, 1.807) is 0 Å². The molecule has 164 valence electrons. The van der Waals surface area contributed by atoms with E-state index in [0.717, 1.165) is 42.1 Å². The molecule has 1 aromatic carbocycles. The summed E-state index contributed by atoms with van der Waals surface area (Å²) < 4.78 is 66.2. The van der Waals surface area contributed by atoms with Gasteiger partial charge in [0.05, 0.1) is 10.5 Å². The van der Waals surface area contributed by atoms with E-state index in [0.29, 0.717) is 6.54 Å². The molecule has 29 heavy (non-hydrogen) atoms. The zero-order chi connectivity index (χ0) is 21.7. The highest BCUT2D eigenvalue weighted by Crippen LogP contribution is 2.36. The predicted octanol–water partition coefficient (Wildman–Crippen LogP) is 2.56. The number of alkyl halides is 3. The van der Waals surface area contributed by atoms with Gasteiger partial charge < -0.3 is 10.2 Å². The summed E-state index contributed by atoms with van der Waals surface area (Å²) in [6, 6.07) is 4.18. The van der Waals surface area contributed by atoms with Crippen LogP contribution in [0.4, 0.5) is 13.2 Å². The van der Waals surface area contributed by atoms with Crippen LogP contribution in [0.3, 0.4) is 0 Å². The topological polar surface area (TPSA) is 69.7 Å². The number of hydrogen-bond donors (Lipinski definition) is 1. The summed E-state index contributed by atoms with van der Waals surface area (Å²) in [4.78, 5) is 13.8. The molecule has 0 radical (unpaired) electrons. The first-order valence-electron chi connectivity index (χ1n) is 9.77. The van der Waals surface area contributed by atoms with Gasteiger partial charge in [-0.15, -0.1) is 0 Å². The summed E-state index contributed by atoms with van der Waals surface area (Å²) in [6.07, 6.45) is -4.19. The zero-order valence-electron chi connectivity index (χ0n) is 16.7. The molecule has 0 atom stereocenters. The van der Waals surface area contributed by atoms with Gasteiger partial charge in [0, 0.05) is 32.1 Å². The number of rotatable bonds is 8. The number of nitrogens with one attached hydrogen (secondary N) is 1. The van der Waals surface area contributed by atoms with Crippen molar-refractivity contribution in [3.8, 4) is 0 Å². The second-order valence-corrected chi connectivity index (χ2v) is 8.90. The van der Waals surface area contributed by atoms with Gasteiger partial charge in [0.15, 0.2) is 0 Å². The Morgan fingerprint density at radius 3 is 2.31 bits per heavy atom. The standard InChI is InChI=1S/C19H28F3N3O3S/c1-3-24(4-2)14-11-23-18(26)15-9-12-25(13-10-15)29(27,28)17-8-6-5-7-16(17)19(20,21)22/h5-8,15H,3-4,9-14H2,1-2H3,(H,23,26). The van der Waals surface area contributed by atoms with E-state index in [-0.39, 0.29) is 37.8 Å². The van der Waals surface area contributed by atoms with Crippen LogP contribution in [-0.4, -0.2) is 62.8 Å². The van der Waals surface area contributed by atoms with Gasteiger partial charge in [-0.1, -0.05) is 26.0 Å². The predicted molar refractivity (Wildman–Crippen MR) is 104 cm³/mol. The van der Waals surface area contributed by atoms with Crippen molar-refractivity contribution >= 4 is 15.9 Å². The number of benzene rings is 1. The van der Waals surface area contributed by atoms with Gasteiger partial charge in [-0.2, -0.15) is 17.5 Å². The Bertz CT molecular complexity index is 787. The van der Waals surface area contributed by atoms with Crippen LogP contribution in [0.25, 0.3) is 0 Å². The monoisotopic (exact) mass is 435 g/mol. The SMILES string of the molecule is CCN(CC)CCNC(=O)C1CCN(S(=O)(=O)c2ccccc2C(F)(F)F)CC1. The molecule has 1 aliphatic heterocycles. The van der Waals surface area contributed by atoms with Gasteiger partial charge in [-0.05, 0) is 38.1 Å². The molecule has 1 saturated heterocycles. The van der Waals surface area contributed by atoms with E-state index >= 15 is 0 Å². The Morgan fingerprint density at radius 2 is 1.76 bits per heavy atom. The maximum absolute atomic E-state index is 13.2. The first kappa shape index (κ1) is 23.6. The van der Waals surface area contributed by atoms with E-state index in [2.05, 4.69) is 10.2 Å². The van der Waals surface area contributed by atoms with Crippen LogP contribution in [0, 0.1) is 5.92 Å². The van der Waals surface area contributed by atoms with Gasteiger partial charge in [0.1, 0.15) is 0 Å². The Kier molecular flexibility index (Phi) is 8.07. The molecule has 0 aromatic heterocycles. The fourth-order valence-corrected chi connectivity index (χ4v) is 5.13. The number of piperidine rings is 1. The van der Waals surface area contributed by atoms with Gasteiger partial charge in [0.25, 0.3) is 0 Å². The molecule has 1 aliphatic rings. The van der Waals surface area contributed by atoms with Crippen molar-refractivity contribution in [3.63, 3.8) is 0 Å². The molecule has 1 fully saturated rings. The number of halogens is 3. The highest BCUT2D eigenvalue weighted by atomic mass is 32.2. The minimum Gasteiger partial charge on any atom is -0.355 e. The first-order valence-corrected chi connectivity index (χ1v) is 11.2. The number of sulfonamides is 1. The average molecular weight is 436 g/mol. The summed E-state index contributed by atoms with van der Waals surface area (Å²) in [5.74, 6) is -0.471. The molecule has 2 rings (SSSR count). The lowest BCUT2D eigenvalue weighted by Crippen LogP contribution is -2.44. The maximum Gasteiger partial charge on any atom is 0.417 e. The molecule has 1 amide bonds. The van der Waals surface area contributed by atoms with Gasteiger partial charge in [0.2, 0.25) is 15.9 Å². The van der Waals surface area contributed by atoms with Crippen LogP contribution in [0.2, 0.25) is 0 Å². The van der Waals surface area contributed by atoms with E-state index in [4.69, 9.17) is 0 Å². The highest BCUT2D eigenvalue weighted by Gasteiger charge is 2.40. The lowest BCUT2D eigenvalue weighted by molar-refractivity contribution is -0.139. The van der Waals surface area contributed by atoms with Crippen molar-refractivity contribution in [3.05, 3.63) is 29.8 Å². The fourth-order valence-electron chi connectivity index (χ4n) is 3.44. The molecule has 10 heteroatoms. The zero-order valence-corrected chi connectivity index (χ0v) is 17.5. The Balaban J connectivity index is 1.98. The summed E-state index contributed by atoms with van der Waals surface area (Å²) in [6.45, 7) is 7.14. The number of carbonyl (C=O) groups excluding carboxylic acids is 1. The smallest absolute Gasteiger partial charge is 0.355 e. The Morgan fingerprint density at radius 1 is 1.17 bits per heavy atom. The number of nitrogens with zero attached hydrogens (tertiary/aromatic N) is 2. The average Bonchev–Trinajstić information content (AvgIpc) is 2.70. The van der Waals surface area contributed by atoms with Crippen LogP contribution < -0.4 is 5.32 Å². The second-order valence-electron chi connectivity index (χ2n) is 6.99. The normalized spacial score (nSPS) is 16.9. The maximum atomic E-state index is 13.2. The molecule has 0 bridgehead atoms. The molecular formula is C19H28F3N3O3S. The molecule has 0 unspecified atom stereocenters. The summed E-state index contributed by atoms with van der Waals surface area (Å²) in [5.41, 5.74) is -1.17. The van der Waals surface area contributed by atoms with E-state index in [1.807, 2.05) is 13.8 Å². The van der Waals surface area contributed by atoms with Crippen molar-refractivity contribution in [2.75, 3.05) is 39.3 Å². The third-order valence-electron chi connectivity index (χ3n) is 5.26. The van der Waals surface area contributed by atoms with Crippen LogP contribution >= 0.6 is 0 Å². The Hall–Kier alpha value is -1.65. The van der Waals surface area contributed by atoms with E-state index in [9.17, 15) is 26.4 Å². The molecular weight excluding hydrogens is 407 g/mol. The minimum absolute atomic E-state index is 0.0165. The van der Waals surface area contributed by atoms with Crippen molar-refractivity contribution in [1.82, 2.24) is 14.5 Å². The second kappa shape index (κ2) is 9.90. The van der Waals surface area contributed by atoms with Crippen molar-refractivity contribution < 1.29 is 26.4 Å². The van der Waals surface area contributed by atoms with Crippen LogP contribution in [0.1, 0.15) is 32.3 Å². The molecule has 1 heterocycles. The molecule has 0 spiro atoms. The van der Waals surface area contributed by atoms with Crippen LogP contribution in [-0.2, 0) is 21.0 Å². The minimum atomic E-state index is -4.76. The third-order valence-corrected chi connectivity index (χ3v) is 7.21. The molecule has 1 aromatic rings. The number of carbonyl (C=O) groups is 1. The summed E-state index contributed by atoms with van der Waals surface area (Å²) in [5, 5.41) is 2.87. The molecule has 6 nitrogen and oxygen atoms in total. The number of likely N-dealkylation sites (N-methyl/N-ethyl adjacent to an activating group) is 1. The quantitative estimate of drug-likeness (QED) is 0.682. The summed E-state index contributed by atoms with van der Waals surface area (Å²) >= 11 is 0. The van der Waals surface area contributed by atoms with Crippen molar-refractivity contribution in [2.45, 2.75) is 37.8 Å². The lowest BCUT2D eigenvalue weighted by Gasteiger charge is -2.31.